The maximum absolute atomic E-state index is 12.2. The lowest BCUT2D eigenvalue weighted by Gasteiger charge is -2.32. The lowest BCUT2D eigenvalue weighted by Crippen LogP contribution is -2.41. The first-order valence-corrected chi connectivity index (χ1v) is 8.93. The molecule has 0 aromatic rings. The summed E-state index contributed by atoms with van der Waals surface area (Å²) in [4.78, 5) is 38.2. The number of imide groups is 1. The topological polar surface area (TPSA) is 57.7 Å². The van der Waals surface area contributed by atoms with Crippen LogP contribution in [-0.4, -0.2) is 47.2 Å². The van der Waals surface area contributed by atoms with Crippen molar-refractivity contribution in [2.24, 2.45) is 5.92 Å². The van der Waals surface area contributed by atoms with Crippen molar-refractivity contribution in [3.05, 3.63) is 12.2 Å². The minimum absolute atomic E-state index is 0.0573. The van der Waals surface area contributed by atoms with Crippen LogP contribution in [0.1, 0.15) is 58.3 Å². The molecule has 23 heavy (non-hydrogen) atoms. The highest BCUT2D eigenvalue weighted by atomic mass is 16.2. The Balaban J connectivity index is 1.64. The number of likely N-dealkylation sites (tertiary alicyclic amines) is 1. The molecule has 0 aliphatic carbocycles. The van der Waals surface area contributed by atoms with Gasteiger partial charge in [0, 0.05) is 38.2 Å². The van der Waals surface area contributed by atoms with Crippen LogP contribution in [0.2, 0.25) is 0 Å². The van der Waals surface area contributed by atoms with Gasteiger partial charge >= 0.3 is 0 Å². The molecule has 2 aliphatic heterocycles. The van der Waals surface area contributed by atoms with Crippen molar-refractivity contribution in [2.45, 2.75) is 58.3 Å². The lowest BCUT2D eigenvalue weighted by atomic mass is 9.91. The van der Waals surface area contributed by atoms with Crippen LogP contribution in [0, 0.1) is 5.92 Å². The summed E-state index contributed by atoms with van der Waals surface area (Å²) in [6.07, 6.45) is 11.4. The number of rotatable bonds is 8. The molecule has 5 heteroatoms. The second-order valence-electron chi connectivity index (χ2n) is 6.58. The molecule has 0 N–H and O–H groups in total. The van der Waals surface area contributed by atoms with E-state index in [1.165, 1.54) is 44.3 Å². The first-order chi connectivity index (χ1) is 11.1. The Bertz CT molecular complexity index is 447. The number of carbonyl (C=O) groups excluding carboxylic acids is 3. The molecule has 0 aromatic heterocycles. The van der Waals surface area contributed by atoms with E-state index >= 15 is 0 Å². The average molecular weight is 320 g/mol. The minimum Gasteiger partial charge on any atom is -0.343 e. The third-order valence-electron chi connectivity index (χ3n) is 4.88. The van der Waals surface area contributed by atoms with Crippen LogP contribution in [0.3, 0.4) is 0 Å². The Labute approximate surface area is 138 Å². The molecule has 1 fully saturated rings. The first-order valence-electron chi connectivity index (χ1n) is 8.93. The zero-order valence-corrected chi connectivity index (χ0v) is 14.1. The largest absolute Gasteiger partial charge is 0.343 e. The third-order valence-corrected chi connectivity index (χ3v) is 4.88. The van der Waals surface area contributed by atoms with E-state index in [-0.39, 0.29) is 30.7 Å². The summed E-state index contributed by atoms with van der Waals surface area (Å²) < 4.78 is 0. The molecule has 0 unspecified atom stereocenters. The zero-order chi connectivity index (χ0) is 16.7. The summed E-state index contributed by atoms with van der Waals surface area (Å²) in [6, 6.07) is 0. The maximum Gasteiger partial charge on any atom is 0.253 e. The molecule has 2 heterocycles. The van der Waals surface area contributed by atoms with Gasteiger partial charge in [0.25, 0.3) is 11.8 Å². The highest BCUT2D eigenvalue weighted by Crippen LogP contribution is 2.23. The monoisotopic (exact) mass is 320 g/mol. The third kappa shape index (κ3) is 5.19. The molecule has 3 amide bonds. The van der Waals surface area contributed by atoms with Gasteiger partial charge in [-0.15, -0.1) is 0 Å². The van der Waals surface area contributed by atoms with Crippen LogP contribution >= 0.6 is 0 Å². The normalized spacial score (nSPS) is 19.0. The van der Waals surface area contributed by atoms with Gasteiger partial charge in [-0.05, 0) is 18.8 Å². The number of carbonyl (C=O) groups is 3. The van der Waals surface area contributed by atoms with E-state index in [0.717, 1.165) is 36.7 Å². The maximum atomic E-state index is 12.2. The van der Waals surface area contributed by atoms with Gasteiger partial charge in [-0.25, -0.2) is 0 Å². The fourth-order valence-electron chi connectivity index (χ4n) is 3.35. The van der Waals surface area contributed by atoms with E-state index in [1.54, 1.807) is 0 Å². The summed E-state index contributed by atoms with van der Waals surface area (Å²) in [7, 11) is 0. The summed E-state index contributed by atoms with van der Waals surface area (Å²) >= 11 is 0. The van der Waals surface area contributed by atoms with Crippen molar-refractivity contribution >= 4 is 17.7 Å². The van der Waals surface area contributed by atoms with Crippen molar-refractivity contribution in [1.29, 1.82) is 0 Å². The number of hydrogen-bond acceptors (Lipinski definition) is 3. The van der Waals surface area contributed by atoms with E-state index in [1.807, 2.05) is 4.90 Å². The van der Waals surface area contributed by atoms with Crippen LogP contribution in [0.15, 0.2) is 12.2 Å². The molecule has 0 bridgehead atoms. The summed E-state index contributed by atoms with van der Waals surface area (Å²) in [5.74, 6) is 0.186. The van der Waals surface area contributed by atoms with Crippen molar-refractivity contribution in [1.82, 2.24) is 9.80 Å². The van der Waals surface area contributed by atoms with Crippen molar-refractivity contribution in [3.63, 3.8) is 0 Å². The molecular formula is C18H28N2O3. The summed E-state index contributed by atoms with van der Waals surface area (Å²) in [5.41, 5.74) is 0. The van der Waals surface area contributed by atoms with E-state index in [4.69, 9.17) is 0 Å². The van der Waals surface area contributed by atoms with E-state index in [2.05, 4.69) is 6.92 Å². The number of piperidine rings is 1. The molecule has 128 valence electrons. The van der Waals surface area contributed by atoms with Gasteiger partial charge in [0.2, 0.25) is 5.91 Å². The van der Waals surface area contributed by atoms with Gasteiger partial charge in [0.1, 0.15) is 0 Å². The average Bonchev–Trinajstić information content (AvgIpc) is 2.88. The van der Waals surface area contributed by atoms with Gasteiger partial charge in [0.15, 0.2) is 0 Å². The van der Waals surface area contributed by atoms with Crippen molar-refractivity contribution < 1.29 is 14.4 Å². The molecule has 5 nitrogen and oxygen atoms in total. The van der Waals surface area contributed by atoms with Gasteiger partial charge in [0.05, 0.1) is 0 Å². The molecule has 0 spiro atoms. The van der Waals surface area contributed by atoms with Crippen LogP contribution in [-0.2, 0) is 14.4 Å². The summed E-state index contributed by atoms with van der Waals surface area (Å²) in [5, 5.41) is 0. The van der Waals surface area contributed by atoms with Crippen LogP contribution in [0.5, 0.6) is 0 Å². The zero-order valence-electron chi connectivity index (χ0n) is 14.1. The number of nitrogens with zero attached hydrogens (tertiary/aromatic N) is 2. The van der Waals surface area contributed by atoms with Crippen molar-refractivity contribution in [3.8, 4) is 0 Å². The molecule has 0 atom stereocenters. The van der Waals surface area contributed by atoms with Crippen molar-refractivity contribution in [2.75, 3.05) is 19.6 Å². The molecular weight excluding hydrogens is 292 g/mol. The smallest absolute Gasteiger partial charge is 0.253 e. The molecule has 0 saturated carbocycles. The van der Waals surface area contributed by atoms with E-state index in [9.17, 15) is 14.4 Å². The van der Waals surface area contributed by atoms with Gasteiger partial charge in [-0.1, -0.05) is 39.0 Å². The Kier molecular flexibility index (Phi) is 6.81. The minimum atomic E-state index is -0.311. The predicted octanol–water partition coefficient (Wildman–Crippen LogP) is 2.51. The Morgan fingerprint density at radius 3 is 2.35 bits per heavy atom. The fourth-order valence-corrected chi connectivity index (χ4v) is 3.35. The standard InChI is InChI=1S/C18H28N2O3/c1-2-3-4-5-6-15-9-12-19(13-10-15)16(21)11-14-20-17(22)7-8-18(20)23/h7-8,15H,2-6,9-14H2,1H3. The molecule has 1 saturated heterocycles. The van der Waals surface area contributed by atoms with Crippen LogP contribution in [0.4, 0.5) is 0 Å². The first kappa shape index (κ1) is 17.7. The lowest BCUT2D eigenvalue weighted by molar-refractivity contribution is -0.138. The predicted molar refractivity (Wildman–Crippen MR) is 88.5 cm³/mol. The van der Waals surface area contributed by atoms with E-state index in [0.29, 0.717) is 0 Å². The Morgan fingerprint density at radius 1 is 1.09 bits per heavy atom. The second kappa shape index (κ2) is 8.85. The highest BCUT2D eigenvalue weighted by molar-refractivity contribution is 6.13. The fraction of sp³-hybridized carbons (Fsp3) is 0.722. The molecule has 0 radical (unpaired) electrons. The SMILES string of the molecule is CCCCCCC1CCN(C(=O)CCN2C(=O)C=CC2=O)CC1. The van der Waals surface area contributed by atoms with Crippen LogP contribution in [0.25, 0.3) is 0 Å². The van der Waals surface area contributed by atoms with Gasteiger partial charge in [-0.2, -0.15) is 0 Å². The second-order valence-corrected chi connectivity index (χ2v) is 6.58. The number of hydrogen-bond donors (Lipinski definition) is 0. The van der Waals surface area contributed by atoms with Crippen LogP contribution < -0.4 is 0 Å². The molecule has 2 aliphatic rings. The summed E-state index contributed by atoms with van der Waals surface area (Å²) in [6.45, 7) is 4.05. The van der Waals surface area contributed by atoms with E-state index < -0.39 is 0 Å². The molecule has 2 rings (SSSR count). The van der Waals surface area contributed by atoms with Gasteiger partial charge < -0.3 is 4.90 Å². The highest BCUT2D eigenvalue weighted by Gasteiger charge is 2.26. The number of amides is 3. The number of unbranched alkanes of at least 4 members (excludes halogenated alkanes) is 3. The van der Waals surface area contributed by atoms with Gasteiger partial charge in [-0.3, -0.25) is 19.3 Å². The Morgan fingerprint density at radius 2 is 1.74 bits per heavy atom. The Hall–Kier alpha value is -1.65. The quantitative estimate of drug-likeness (QED) is 0.510. The molecule has 0 aromatic carbocycles.